The smallest absolute Gasteiger partial charge is 0.266 e. The van der Waals surface area contributed by atoms with Gasteiger partial charge in [0.15, 0.2) is 11.6 Å². The molecule has 1 unspecified atom stereocenters. The third-order valence-corrected chi connectivity index (χ3v) is 4.97. The first-order valence-corrected chi connectivity index (χ1v) is 9.20. The van der Waals surface area contributed by atoms with Crippen LogP contribution in [0.5, 0.6) is 0 Å². The van der Waals surface area contributed by atoms with E-state index in [4.69, 9.17) is 0 Å². The molecule has 1 atom stereocenters. The van der Waals surface area contributed by atoms with E-state index in [0.29, 0.717) is 27.9 Å². The summed E-state index contributed by atoms with van der Waals surface area (Å²) in [6.45, 7) is 1.65. The molecule has 7 heteroatoms. The summed E-state index contributed by atoms with van der Waals surface area (Å²) in [6, 6.07) is 15.5. The third-order valence-electron chi connectivity index (χ3n) is 4.97. The lowest BCUT2D eigenvalue weighted by atomic mass is 10.1. The van der Waals surface area contributed by atoms with Crippen LogP contribution in [-0.4, -0.2) is 17.7 Å². The van der Waals surface area contributed by atoms with Gasteiger partial charge in [0.1, 0.15) is 0 Å². The van der Waals surface area contributed by atoms with Crippen molar-refractivity contribution in [2.24, 2.45) is 0 Å². The van der Waals surface area contributed by atoms with Gasteiger partial charge in [0, 0.05) is 5.56 Å². The number of carbonyl (C=O) groups is 3. The molecule has 3 aromatic rings. The second-order valence-corrected chi connectivity index (χ2v) is 6.91. The molecular formula is C23H16F2N2O3. The number of nitrogens with zero attached hydrogens (tertiary/aromatic N) is 1. The van der Waals surface area contributed by atoms with Crippen molar-refractivity contribution in [2.45, 2.75) is 13.0 Å². The monoisotopic (exact) mass is 406 g/mol. The van der Waals surface area contributed by atoms with Gasteiger partial charge in [-0.3, -0.25) is 14.4 Å². The highest BCUT2D eigenvalue weighted by Gasteiger charge is 2.36. The minimum Gasteiger partial charge on any atom is -0.346 e. The lowest BCUT2D eigenvalue weighted by Crippen LogP contribution is -2.29. The average molecular weight is 406 g/mol. The van der Waals surface area contributed by atoms with Gasteiger partial charge in [-0.05, 0) is 61.0 Å². The first kappa shape index (κ1) is 19.4. The molecule has 150 valence electrons. The summed E-state index contributed by atoms with van der Waals surface area (Å²) >= 11 is 0. The predicted octanol–water partition coefficient (Wildman–Crippen LogP) is 4.26. The number of benzene rings is 3. The Morgan fingerprint density at radius 3 is 2.03 bits per heavy atom. The zero-order chi connectivity index (χ0) is 21.4. The predicted molar refractivity (Wildman–Crippen MR) is 106 cm³/mol. The first-order chi connectivity index (χ1) is 14.4. The van der Waals surface area contributed by atoms with Gasteiger partial charge in [0.25, 0.3) is 17.7 Å². The number of halogens is 2. The van der Waals surface area contributed by atoms with Gasteiger partial charge in [-0.2, -0.15) is 0 Å². The normalized spacial score (nSPS) is 13.9. The second-order valence-electron chi connectivity index (χ2n) is 6.91. The van der Waals surface area contributed by atoms with Crippen LogP contribution < -0.4 is 10.2 Å². The number of amides is 3. The van der Waals surface area contributed by atoms with Crippen LogP contribution in [0, 0.1) is 11.6 Å². The SMILES string of the molecule is CC(NC(=O)c1ccc(N2C(=O)c3ccccc3C2=O)cc1)c1ccc(F)c(F)c1. The number of imide groups is 1. The van der Waals surface area contributed by atoms with E-state index < -0.39 is 35.4 Å². The molecule has 0 fully saturated rings. The summed E-state index contributed by atoms with van der Waals surface area (Å²) in [6.07, 6.45) is 0. The van der Waals surface area contributed by atoms with Crippen molar-refractivity contribution in [3.8, 4) is 0 Å². The Balaban J connectivity index is 1.50. The summed E-state index contributed by atoms with van der Waals surface area (Å²) in [5.41, 5.74) is 1.75. The molecule has 3 aromatic carbocycles. The topological polar surface area (TPSA) is 66.5 Å². The van der Waals surface area contributed by atoms with Crippen molar-refractivity contribution in [1.29, 1.82) is 0 Å². The summed E-state index contributed by atoms with van der Waals surface area (Å²) in [5.74, 6) is -3.21. The molecule has 1 aliphatic rings. The Morgan fingerprint density at radius 1 is 0.867 bits per heavy atom. The highest BCUT2D eigenvalue weighted by atomic mass is 19.2. The molecule has 3 amide bonds. The van der Waals surface area contributed by atoms with E-state index >= 15 is 0 Å². The van der Waals surface area contributed by atoms with E-state index in [9.17, 15) is 23.2 Å². The summed E-state index contributed by atoms with van der Waals surface area (Å²) < 4.78 is 26.5. The lowest BCUT2D eigenvalue weighted by molar-refractivity contribution is 0.0921. The van der Waals surface area contributed by atoms with E-state index in [1.54, 1.807) is 31.2 Å². The molecule has 1 N–H and O–H groups in total. The molecule has 30 heavy (non-hydrogen) atoms. The number of fused-ring (bicyclic) bond motifs is 1. The van der Waals surface area contributed by atoms with Gasteiger partial charge in [-0.25, -0.2) is 13.7 Å². The highest BCUT2D eigenvalue weighted by Crippen LogP contribution is 2.28. The fourth-order valence-corrected chi connectivity index (χ4v) is 3.33. The van der Waals surface area contributed by atoms with E-state index in [1.807, 2.05) is 0 Å². The van der Waals surface area contributed by atoms with Crippen LogP contribution in [0.15, 0.2) is 66.7 Å². The molecule has 1 aliphatic heterocycles. The lowest BCUT2D eigenvalue weighted by Gasteiger charge is -2.16. The van der Waals surface area contributed by atoms with Crippen LogP contribution in [0.4, 0.5) is 14.5 Å². The van der Waals surface area contributed by atoms with Crippen LogP contribution >= 0.6 is 0 Å². The quantitative estimate of drug-likeness (QED) is 0.659. The Morgan fingerprint density at radius 2 is 1.47 bits per heavy atom. The molecule has 0 aromatic heterocycles. The van der Waals surface area contributed by atoms with Crippen molar-refractivity contribution in [3.05, 3.63) is 101 Å². The van der Waals surface area contributed by atoms with Crippen LogP contribution in [0.2, 0.25) is 0 Å². The molecule has 0 saturated heterocycles. The van der Waals surface area contributed by atoms with Crippen molar-refractivity contribution < 1.29 is 23.2 Å². The Kier molecular flexibility index (Phi) is 4.87. The summed E-state index contributed by atoms with van der Waals surface area (Å²) in [5, 5.41) is 2.70. The number of nitrogens with one attached hydrogen (secondary N) is 1. The number of anilines is 1. The van der Waals surface area contributed by atoms with Gasteiger partial charge in [0.05, 0.1) is 22.9 Å². The van der Waals surface area contributed by atoms with Crippen molar-refractivity contribution in [1.82, 2.24) is 5.32 Å². The fraction of sp³-hybridized carbons (Fsp3) is 0.0870. The Labute approximate surface area is 170 Å². The zero-order valence-electron chi connectivity index (χ0n) is 15.9. The summed E-state index contributed by atoms with van der Waals surface area (Å²) in [4.78, 5) is 38.7. The first-order valence-electron chi connectivity index (χ1n) is 9.20. The molecule has 0 spiro atoms. The van der Waals surface area contributed by atoms with Crippen molar-refractivity contribution >= 4 is 23.4 Å². The molecule has 0 bridgehead atoms. The maximum Gasteiger partial charge on any atom is 0.266 e. The fourth-order valence-electron chi connectivity index (χ4n) is 3.33. The molecule has 5 nitrogen and oxygen atoms in total. The summed E-state index contributed by atoms with van der Waals surface area (Å²) in [7, 11) is 0. The largest absolute Gasteiger partial charge is 0.346 e. The average Bonchev–Trinajstić information content (AvgIpc) is 3.00. The van der Waals surface area contributed by atoms with Gasteiger partial charge in [0.2, 0.25) is 0 Å². The standard InChI is InChI=1S/C23H16F2N2O3/c1-13(15-8-11-19(24)20(25)12-15)26-21(28)14-6-9-16(10-7-14)27-22(29)17-4-2-3-5-18(17)23(27)30/h2-13H,1H3,(H,26,28). The van der Waals surface area contributed by atoms with Gasteiger partial charge in [-0.1, -0.05) is 18.2 Å². The van der Waals surface area contributed by atoms with E-state index in [0.717, 1.165) is 17.0 Å². The minimum atomic E-state index is -0.987. The van der Waals surface area contributed by atoms with E-state index in [-0.39, 0.29) is 0 Å². The van der Waals surface area contributed by atoms with Crippen LogP contribution in [0.3, 0.4) is 0 Å². The molecular weight excluding hydrogens is 390 g/mol. The molecule has 0 aliphatic carbocycles. The van der Waals surface area contributed by atoms with Crippen LogP contribution in [0.25, 0.3) is 0 Å². The number of hydrogen-bond acceptors (Lipinski definition) is 3. The van der Waals surface area contributed by atoms with Crippen LogP contribution in [-0.2, 0) is 0 Å². The molecule has 1 heterocycles. The van der Waals surface area contributed by atoms with Gasteiger partial charge in [-0.15, -0.1) is 0 Å². The maximum absolute atomic E-state index is 13.4. The zero-order valence-corrected chi connectivity index (χ0v) is 15.9. The minimum absolute atomic E-state index is 0.296. The molecule has 0 radical (unpaired) electrons. The number of rotatable bonds is 4. The van der Waals surface area contributed by atoms with Crippen molar-refractivity contribution in [2.75, 3.05) is 4.90 Å². The van der Waals surface area contributed by atoms with E-state index in [1.165, 1.54) is 30.3 Å². The van der Waals surface area contributed by atoms with Gasteiger partial charge < -0.3 is 5.32 Å². The highest BCUT2D eigenvalue weighted by molar-refractivity contribution is 6.34. The second kappa shape index (κ2) is 7.51. The Hall–Kier alpha value is -3.87. The van der Waals surface area contributed by atoms with Gasteiger partial charge >= 0.3 is 0 Å². The maximum atomic E-state index is 13.4. The van der Waals surface area contributed by atoms with Crippen molar-refractivity contribution in [3.63, 3.8) is 0 Å². The molecule has 4 rings (SSSR count). The number of carbonyl (C=O) groups excluding carboxylic acids is 3. The molecule has 0 saturated carbocycles. The van der Waals surface area contributed by atoms with Crippen LogP contribution in [0.1, 0.15) is 49.6 Å². The number of hydrogen-bond donors (Lipinski definition) is 1. The van der Waals surface area contributed by atoms with E-state index in [2.05, 4.69) is 5.32 Å². The third kappa shape index (κ3) is 3.34. The Bertz CT molecular complexity index is 1140.